The van der Waals surface area contributed by atoms with Crippen LogP contribution in [0, 0.1) is 0 Å². The summed E-state index contributed by atoms with van der Waals surface area (Å²) in [5.74, 6) is 0. The van der Waals surface area contributed by atoms with Gasteiger partial charge in [0.2, 0.25) is 0 Å². The van der Waals surface area contributed by atoms with Crippen LogP contribution in [-0.2, 0) is 67.6 Å². The van der Waals surface area contributed by atoms with Crippen LogP contribution in [-0.4, -0.2) is 38.6 Å². The van der Waals surface area contributed by atoms with E-state index < -0.39 is 28.1 Å². The minimum atomic E-state index is -4.09. The van der Waals surface area contributed by atoms with E-state index in [0.717, 1.165) is 22.3 Å². The van der Waals surface area contributed by atoms with Crippen molar-refractivity contribution in [2.24, 2.45) is 0 Å². The smallest absolute Gasteiger partial charge is 0.385 e. The van der Waals surface area contributed by atoms with Crippen LogP contribution in [0.3, 0.4) is 0 Å². The van der Waals surface area contributed by atoms with Crippen molar-refractivity contribution in [3.63, 3.8) is 0 Å². The monoisotopic (exact) mass is 696 g/mol. The van der Waals surface area contributed by atoms with Crippen LogP contribution in [0.5, 0.6) is 0 Å². The number of phosphoric acid groups is 1. The number of hydrogen-bond donors (Lipinski definition) is 0. The van der Waals surface area contributed by atoms with Crippen molar-refractivity contribution in [3.8, 4) is 0 Å². The van der Waals surface area contributed by atoms with Gasteiger partial charge >= 0.3 is 16.4 Å². The Morgan fingerprint density at radius 1 is 0.604 bits per heavy atom. The number of benzene rings is 4. The molecule has 0 radical (unpaired) electrons. The van der Waals surface area contributed by atoms with E-state index in [1.807, 2.05) is 135 Å². The Labute approximate surface area is 286 Å². The first kappa shape index (κ1) is 38.0. The van der Waals surface area contributed by atoms with E-state index in [1.165, 1.54) is 0 Å². The third-order valence-electron chi connectivity index (χ3n) is 7.05. The van der Waals surface area contributed by atoms with Gasteiger partial charge in [-0.2, -0.15) is 0 Å². The Morgan fingerprint density at radius 2 is 1.02 bits per heavy atom. The lowest BCUT2D eigenvalue weighted by atomic mass is 10.1. The molecule has 4 aromatic carbocycles. The van der Waals surface area contributed by atoms with Gasteiger partial charge in [-0.05, 0) is 42.5 Å². The fourth-order valence-electron chi connectivity index (χ4n) is 4.21. The summed E-state index contributed by atoms with van der Waals surface area (Å²) in [5.41, 5.74) is 3.05. The highest BCUT2D eigenvalue weighted by Crippen LogP contribution is 2.52. The zero-order valence-corrected chi connectivity index (χ0v) is 29.6. The third kappa shape index (κ3) is 14.8. The van der Waals surface area contributed by atoms with E-state index in [-0.39, 0.29) is 39.6 Å². The van der Waals surface area contributed by atoms with Crippen LogP contribution in [0.25, 0.3) is 0 Å². The third-order valence-corrected chi connectivity index (χ3v) is 9.55. The molecule has 0 aromatic heterocycles. The van der Waals surface area contributed by atoms with Crippen LogP contribution < -0.4 is 0 Å². The lowest BCUT2D eigenvalue weighted by Gasteiger charge is -2.30. The summed E-state index contributed by atoms with van der Waals surface area (Å²) in [7, 11) is -4.33. The van der Waals surface area contributed by atoms with E-state index in [9.17, 15) is 4.57 Å². The maximum Gasteiger partial charge on any atom is 0.475 e. The van der Waals surface area contributed by atoms with Gasteiger partial charge in [0.15, 0.2) is 0 Å². The second-order valence-electron chi connectivity index (χ2n) is 11.5. The quantitative estimate of drug-likeness (QED) is 0.0704. The number of phosphoric ester groups is 1. The Bertz CT molecular complexity index is 1370. The lowest BCUT2D eigenvalue weighted by molar-refractivity contribution is -0.0790. The predicted molar refractivity (Wildman–Crippen MR) is 187 cm³/mol. The molecule has 11 heteroatoms. The van der Waals surface area contributed by atoms with Crippen LogP contribution in [0.15, 0.2) is 121 Å². The minimum Gasteiger partial charge on any atom is -0.385 e. The Kier molecular flexibility index (Phi) is 16.4. The highest BCUT2D eigenvalue weighted by molar-refractivity contribution is 7.48. The Morgan fingerprint density at radius 3 is 1.44 bits per heavy atom. The maximum atomic E-state index is 14.1. The highest BCUT2D eigenvalue weighted by Gasteiger charge is 2.32. The summed E-state index contributed by atoms with van der Waals surface area (Å²) in [6.45, 7) is 5.00. The second-order valence-corrected chi connectivity index (χ2v) is 14.4. The van der Waals surface area contributed by atoms with Gasteiger partial charge in [-0.1, -0.05) is 121 Å². The molecule has 1 unspecified atom stereocenters. The molecule has 48 heavy (non-hydrogen) atoms. The van der Waals surface area contributed by atoms with Gasteiger partial charge in [-0.3, -0.25) is 13.6 Å². The zero-order chi connectivity index (χ0) is 33.9. The molecule has 0 amide bonds. The van der Waals surface area contributed by atoms with E-state index in [4.69, 9.17) is 36.6 Å². The van der Waals surface area contributed by atoms with Crippen LogP contribution >= 0.6 is 16.4 Å². The summed E-state index contributed by atoms with van der Waals surface area (Å²) >= 11 is 0. The molecule has 0 saturated carbocycles. The number of ether oxygens (including phenoxy) is 2. The summed E-state index contributed by atoms with van der Waals surface area (Å²) in [5, 5.41) is 0. The minimum absolute atomic E-state index is 0.0338. The van der Waals surface area contributed by atoms with Gasteiger partial charge < -0.3 is 23.0 Å². The Balaban J connectivity index is 1.50. The molecular weight excluding hydrogens is 650 g/mol. The molecule has 0 aliphatic heterocycles. The summed E-state index contributed by atoms with van der Waals surface area (Å²) in [6.07, 6.45) is -0.0989. The molecule has 0 fully saturated rings. The van der Waals surface area contributed by atoms with Crippen LogP contribution in [0.1, 0.15) is 42.5 Å². The average Bonchev–Trinajstić information content (AvgIpc) is 3.13. The van der Waals surface area contributed by atoms with E-state index in [0.29, 0.717) is 13.0 Å². The second kappa shape index (κ2) is 20.7. The van der Waals surface area contributed by atoms with Crippen molar-refractivity contribution >= 4 is 16.4 Å². The lowest BCUT2D eigenvalue weighted by Crippen LogP contribution is -2.33. The summed E-state index contributed by atoms with van der Waals surface area (Å²) in [6, 6.07) is 38.4. The number of hydrogen-bond acceptors (Lipinski definition) is 9. The van der Waals surface area contributed by atoms with Crippen LogP contribution in [0.4, 0.5) is 0 Å². The molecule has 0 spiro atoms. The molecule has 0 bridgehead atoms. The first-order chi connectivity index (χ1) is 23.3. The van der Waals surface area contributed by atoms with Gasteiger partial charge in [0, 0.05) is 13.7 Å². The molecule has 4 aromatic rings. The molecule has 9 nitrogen and oxygen atoms in total. The average molecular weight is 697 g/mol. The van der Waals surface area contributed by atoms with Crippen molar-refractivity contribution in [1.82, 2.24) is 0 Å². The zero-order valence-electron chi connectivity index (χ0n) is 27.8. The normalized spacial score (nSPS) is 12.8. The van der Waals surface area contributed by atoms with Gasteiger partial charge in [0.05, 0.1) is 45.2 Å². The molecular formula is C37H46O9P2. The number of rotatable bonds is 23. The fourth-order valence-corrected chi connectivity index (χ4v) is 6.47. The predicted octanol–water partition coefficient (Wildman–Crippen LogP) is 9.42. The molecule has 4 rings (SSSR count). The first-order valence-electron chi connectivity index (χ1n) is 15.9. The molecule has 0 heterocycles. The molecule has 0 N–H and O–H groups in total. The Hall–Kier alpha value is -2.78. The van der Waals surface area contributed by atoms with Crippen LogP contribution in [0.2, 0.25) is 0 Å². The molecule has 1 atom stereocenters. The topological polar surface area (TPSA) is 90.9 Å². The van der Waals surface area contributed by atoms with Gasteiger partial charge in [0.1, 0.15) is 6.10 Å². The summed E-state index contributed by atoms with van der Waals surface area (Å²) in [4.78, 5) is 0. The van der Waals surface area contributed by atoms with E-state index >= 15 is 0 Å². The van der Waals surface area contributed by atoms with Crippen molar-refractivity contribution in [1.29, 1.82) is 0 Å². The molecule has 258 valence electrons. The standard InChI is InChI=1S/C37H46O9P2/c1-37(2,24-25-39-3)40-30-36(46-47(41-26-32-16-8-4-9-17-32)42-27-33-18-10-5-11-19-33)31-45-48(38,43-28-34-20-12-6-13-21-34)44-29-35-22-14-7-15-23-35/h4-23,36H,24-31H2,1-3H3. The first-order valence-corrected chi connectivity index (χ1v) is 18.4. The fraction of sp³-hybridized carbons (Fsp3) is 0.351. The highest BCUT2D eigenvalue weighted by atomic mass is 31.2. The van der Waals surface area contributed by atoms with Crippen molar-refractivity contribution in [2.75, 3.05) is 26.9 Å². The molecule has 0 saturated heterocycles. The largest absolute Gasteiger partial charge is 0.475 e. The maximum absolute atomic E-state index is 14.1. The summed E-state index contributed by atoms with van der Waals surface area (Å²) < 4.78 is 62.1. The van der Waals surface area contributed by atoms with E-state index in [1.54, 1.807) is 7.11 Å². The molecule has 0 aliphatic rings. The molecule has 0 aliphatic carbocycles. The van der Waals surface area contributed by atoms with Crippen molar-refractivity contribution in [2.45, 2.75) is 58.4 Å². The van der Waals surface area contributed by atoms with Gasteiger partial charge in [-0.25, -0.2) is 4.57 Å². The number of methoxy groups -OCH3 is 1. The van der Waals surface area contributed by atoms with Crippen molar-refractivity contribution in [3.05, 3.63) is 144 Å². The SMILES string of the molecule is COCCC(C)(C)OCC(COP(=O)(OCc1ccccc1)OCc1ccccc1)OP(OCc1ccccc1)OCc1ccccc1. The van der Waals surface area contributed by atoms with Crippen molar-refractivity contribution < 1.29 is 41.2 Å². The van der Waals surface area contributed by atoms with Gasteiger partial charge in [0.25, 0.3) is 0 Å². The van der Waals surface area contributed by atoms with Gasteiger partial charge in [-0.15, -0.1) is 0 Å². The van der Waals surface area contributed by atoms with E-state index in [2.05, 4.69) is 0 Å².